The van der Waals surface area contributed by atoms with Crippen LogP contribution in [0.4, 0.5) is 0 Å². The van der Waals surface area contributed by atoms with Crippen LogP contribution >= 0.6 is 0 Å². The topological polar surface area (TPSA) is 72.3 Å². The van der Waals surface area contributed by atoms with Crippen molar-refractivity contribution in [2.45, 2.75) is 65.6 Å². The molecule has 0 saturated heterocycles. The first kappa shape index (κ1) is 16.4. The van der Waals surface area contributed by atoms with E-state index in [9.17, 15) is 4.79 Å². The van der Waals surface area contributed by atoms with Crippen molar-refractivity contribution in [1.29, 1.82) is 0 Å². The van der Waals surface area contributed by atoms with Crippen LogP contribution in [0.2, 0.25) is 0 Å². The van der Waals surface area contributed by atoms with Crippen LogP contribution in [0.25, 0.3) is 0 Å². The molecule has 0 rings (SSSR count). The number of carbonyl (C=O) groups is 1. The van der Waals surface area contributed by atoms with Gasteiger partial charge in [0.2, 0.25) is 5.91 Å². The first-order valence-corrected chi connectivity index (χ1v) is 6.20. The molecule has 0 saturated carbocycles. The summed E-state index contributed by atoms with van der Waals surface area (Å²) < 4.78 is 0. The van der Waals surface area contributed by atoms with E-state index in [0.29, 0.717) is 12.5 Å². The summed E-state index contributed by atoms with van der Waals surface area (Å²) in [6, 6.07) is 0.618. The van der Waals surface area contributed by atoms with Gasteiger partial charge >= 0.3 is 0 Å². The molecule has 102 valence electrons. The molecule has 0 aromatic rings. The molecular formula is C13H29N3O. The maximum atomic E-state index is 11.2. The van der Waals surface area contributed by atoms with Crippen molar-refractivity contribution in [3.63, 3.8) is 0 Å². The Kier molecular flexibility index (Phi) is 5.16. The van der Waals surface area contributed by atoms with E-state index in [2.05, 4.69) is 46.6 Å². The zero-order valence-electron chi connectivity index (χ0n) is 12.4. The highest BCUT2D eigenvalue weighted by molar-refractivity contribution is 5.83. The Morgan fingerprint density at radius 1 is 1.24 bits per heavy atom. The number of primary amides is 1. The molecule has 0 spiro atoms. The lowest BCUT2D eigenvalue weighted by molar-refractivity contribution is -0.123. The quantitative estimate of drug-likeness (QED) is 0.765. The van der Waals surface area contributed by atoms with E-state index in [4.69, 9.17) is 11.5 Å². The minimum atomic E-state index is -0.939. The van der Waals surface area contributed by atoms with Crippen LogP contribution in [0, 0.1) is 5.41 Å². The second-order valence-corrected chi connectivity index (χ2v) is 6.54. The van der Waals surface area contributed by atoms with Gasteiger partial charge in [-0.15, -0.1) is 0 Å². The van der Waals surface area contributed by atoms with Crippen molar-refractivity contribution in [3.05, 3.63) is 0 Å². The van der Waals surface area contributed by atoms with Gasteiger partial charge in [0.25, 0.3) is 0 Å². The van der Waals surface area contributed by atoms with Crippen LogP contribution in [-0.2, 0) is 4.79 Å². The Labute approximate surface area is 106 Å². The summed E-state index contributed by atoms with van der Waals surface area (Å²) in [5.41, 5.74) is 10.5. The summed E-state index contributed by atoms with van der Waals surface area (Å²) >= 11 is 0. The maximum Gasteiger partial charge on any atom is 0.237 e. The summed E-state index contributed by atoms with van der Waals surface area (Å²) in [5, 5.41) is 0. The Morgan fingerprint density at radius 2 is 1.65 bits per heavy atom. The Bertz CT molecular complexity index is 268. The second-order valence-electron chi connectivity index (χ2n) is 6.54. The summed E-state index contributed by atoms with van der Waals surface area (Å²) in [6.07, 6.45) is 0.569. The lowest BCUT2D eigenvalue weighted by Gasteiger charge is -2.40. The van der Waals surface area contributed by atoms with Gasteiger partial charge in [-0.3, -0.25) is 4.79 Å². The summed E-state index contributed by atoms with van der Waals surface area (Å²) in [5.74, 6) is -0.443. The molecule has 4 N–H and O–H groups in total. The van der Waals surface area contributed by atoms with Gasteiger partial charge in [0.05, 0.1) is 5.54 Å². The standard InChI is InChI=1S/C13H29N3O/c1-9(8-13(6,15)11(14)17)16(7)10(2)12(3,4)5/h9-10H,8,15H2,1-7H3,(H2,14,17). The van der Waals surface area contributed by atoms with Gasteiger partial charge in [-0.1, -0.05) is 20.8 Å². The van der Waals surface area contributed by atoms with E-state index in [0.717, 1.165) is 0 Å². The van der Waals surface area contributed by atoms with E-state index in [1.54, 1.807) is 6.92 Å². The number of amides is 1. The molecule has 0 aromatic heterocycles. The summed E-state index contributed by atoms with van der Waals surface area (Å²) in [7, 11) is 2.07. The average Bonchev–Trinajstić information content (AvgIpc) is 2.12. The fourth-order valence-corrected chi connectivity index (χ4v) is 1.85. The van der Waals surface area contributed by atoms with E-state index in [-0.39, 0.29) is 11.5 Å². The van der Waals surface area contributed by atoms with E-state index in [1.807, 2.05) is 0 Å². The molecule has 3 unspecified atom stereocenters. The third kappa shape index (κ3) is 4.64. The van der Waals surface area contributed by atoms with Crippen molar-refractivity contribution in [1.82, 2.24) is 4.90 Å². The smallest absolute Gasteiger partial charge is 0.237 e. The molecule has 17 heavy (non-hydrogen) atoms. The molecule has 4 heteroatoms. The van der Waals surface area contributed by atoms with Gasteiger partial charge in [0.1, 0.15) is 0 Å². The number of hydrogen-bond donors (Lipinski definition) is 2. The number of carbonyl (C=O) groups excluding carboxylic acids is 1. The third-order valence-corrected chi connectivity index (χ3v) is 3.84. The van der Waals surface area contributed by atoms with Crippen LogP contribution in [0.15, 0.2) is 0 Å². The third-order valence-electron chi connectivity index (χ3n) is 3.84. The van der Waals surface area contributed by atoms with Crippen molar-refractivity contribution in [2.24, 2.45) is 16.9 Å². The normalized spacial score (nSPS) is 19.8. The molecule has 0 fully saturated rings. The van der Waals surface area contributed by atoms with Gasteiger partial charge in [-0.05, 0) is 39.7 Å². The van der Waals surface area contributed by atoms with Crippen molar-refractivity contribution in [3.8, 4) is 0 Å². The lowest BCUT2D eigenvalue weighted by atomic mass is 9.85. The largest absolute Gasteiger partial charge is 0.368 e. The van der Waals surface area contributed by atoms with Crippen molar-refractivity contribution >= 4 is 5.91 Å². The molecule has 0 aliphatic carbocycles. The fraction of sp³-hybridized carbons (Fsp3) is 0.923. The van der Waals surface area contributed by atoms with Gasteiger partial charge in [-0.25, -0.2) is 0 Å². The first-order valence-electron chi connectivity index (χ1n) is 6.20. The van der Waals surface area contributed by atoms with E-state index >= 15 is 0 Å². The summed E-state index contributed by atoms with van der Waals surface area (Å²) in [6.45, 7) is 12.6. The van der Waals surface area contributed by atoms with Crippen LogP contribution < -0.4 is 11.5 Å². The van der Waals surface area contributed by atoms with Gasteiger partial charge in [0, 0.05) is 12.1 Å². The van der Waals surface area contributed by atoms with Gasteiger partial charge < -0.3 is 16.4 Å². The number of nitrogens with two attached hydrogens (primary N) is 2. The highest BCUT2D eigenvalue weighted by Crippen LogP contribution is 2.26. The predicted octanol–water partition coefficient (Wildman–Crippen LogP) is 1.33. The zero-order valence-corrected chi connectivity index (χ0v) is 12.4. The molecule has 3 atom stereocenters. The molecule has 0 aliphatic rings. The van der Waals surface area contributed by atoms with Crippen LogP contribution in [0.1, 0.15) is 48.0 Å². The number of hydrogen-bond acceptors (Lipinski definition) is 3. The highest BCUT2D eigenvalue weighted by Gasteiger charge is 2.33. The van der Waals surface area contributed by atoms with E-state index in [1.165, 1.54) is 0 Å². The molecule has 0 radical (unpaired) electrons. The van der Waals surface area contributed by atoms with Gasteiger partial charge in [-0.2, -0.15) is 0 Å². The monoisotopic (exact) mass is 243 g/mol. The Morgan fingerprint density at radius 3 is 1.94 bits per heavy atom. The predicted molar refractivity (Wildman–Crippen MR) is 72.5 cm³/mol. The van der Waals surface area contributed by atoms with Gasteiger partial charge in [0.15, 0.2) is 0 Å². The molecule has 1 amide bonds. The Hall–Kier alpha value is -0.610. The molecular weight excluding hydrogens is 214 g/mol. The van der Waals surface area contributed by atoms with Crippen molar-refractivity contribution < 1.29 is 4.79 Å². The van der Waals surface area contributed by atoms with Crippen LogP contribution in [0.5, 0.6) is 0 Å². The number of rotatable bonds is 5. The van der Waals surface area contributed by atoms with Crippen molar-refractivity contribution in [2.75, 3.05) is 7.05 Å². The highest BCUT2D eigenvalue weighted by atomic mass is 16.1. The SMILES string of the molecule is CC(CC(C)(N)C(N)=O)N(C)C(C)C(C)(C)C. The lowest BCUT2D eigenvalue weighted by Crippen LogP contribution is -2.54. The molecule has 0 aliphatic heterocycles. The minimum Gasteiger partial charge on any atom is -0.368 e. The molecule has 4 nitrogen and oxygen atoms in total. The van der Waals surface area contributed by atoms with Crippen LogP contribution in [-0.4, -0.2) is 35.5 Å². The fourth-order valence-electron chi connectivity index (χ4n) is 1.85. The van der Waals surface area contributed by atoms with Crippen LogP contribution in [0.3, 0.4) is 0 Å². The first-order chi connectivity index (χ1) is 7.39. The number of nitrogens with zero attached hydrogens (tertiary/aromatic N) is 1. The second kappa shape index (κ2) is 5.36. The average molecular weight is 243 g/mol. The minimum absolute atomic E-state index is 0.195. The zero-order chi connectivity index (χ0) is 14.0. The molecule has 0 bridgehead atoms. The Balaban J connectivity index is 4.63. The van der Waals surface area contributed by atoms with E-state index < -0.39 is 11.4 Å². The molecule has 0 aromatic carbocycles. The molecule has 0 heterocycles. The summed E-state index contributed by atoms with van der Waals surface area (Å²) in [4.78, 5) is 13.5. The maximum absolute atomic E-state index is 11.2.